The van der Waals surface area contributed by atoms with Crippen LogP contribution in [0.3, 0.4) is 0 Å². The van der Waals surface area contributed by atoms with Gasteiger partial charge in [-0.15, -0.1) is 0 Å². The zero-order valence-electron chi connectivity index (χ0n) is 32.6. The monoisotopic (exact) mass is 818 g/mol. The molecule has 0 N–H and O–H groups in total. The van der Waals surface area contributed by atoms with Crippen molar-refractivity contribution in [2.45, 2.75) is 37.3 Å². The summed E-state index contributed by atoms with van der Waals surface area (Å²) in [5, 5.41) is 0. The summed E-state index contributed by atoms with van der Waals surface area (Å²) in [5.74, 6) is -1.08. The van der Waals surface area contributed by atoms with E-state index in [1.165, 1.54) is 60.7 Å². The maximum absolute atomic E-state index is 13.0. The Morgan fingerprint density at radius 2 is 1.02 bits per heavy atom. The van der Waals surface area contributed by atoms with E-state index in [9.17, 15) is 24.0 Å². The second-order valence-corrected chi connectivity index (χ2v) is 13.3. The molecule has 60 heavy (non-hydrogen) atoms. The number of hydrogen-bond acceptors (Lipinski definition) is 14. The van der Waals surface area contributed by atoms with Crippen LogP contribution in [0.15, 0.2) is 122 Å². The SMILES string of the molecule is C=CC(=O)OCCCCOc1ccc(/C=C/C(=O)Oc2ccc(C(=O)O[C@H]3COC4C3OC[C@H]4OC(=O)c3ccc(OC(=O)/C=C/c4ccc(OC)cc4)cc3)cc2)cc1. The van der Waals surface area contributed by atoms with Gasteiger partial charge in [-0.3, -0.25) is 0 Å². The second kappa shape index (κ2) is 21.1. The Hall–Kier alpha value is -7.03. The van der Waals surface area contributed by atoms with Crippen LogP contribution in [0, 0.1) is 0 Å². The van der Waals surface area contributed by atoms with Gasteiger partial charge in [-0.1, -0.05) is 30.8 Å². The molecule has 0 aliphatic carbocycles. The Kier molecular flexibility index (Phi) is 15.0. The van der Waals surface area contributed by atoms with Gasteiger partial charge in [-0.05, 0) is 109 Å². The molecule has 14 heteroatoms. The molecule has 2 saturated heterocycles. The fraction of sp³-hybridized carbons (Fsp3) is 0.239. The van der Waals surface area contributed by atoms with E-state index >= 15 is 0 Å². The molecule has 0 aromatic heterocycles. The summed E-state index contributed by atoms with van der Waals surface area (Å²) in [6.07, 6.45) is 5.50. The van der Waals surface area contributed by atoms with Gasteiger partial charge >= 0.3 is 29.8 Å². The van der Waals surface area contributed by atoms with Crippen LogP contribution in [0.1, 0.15) is 44.7 Å². The second-order valence-electron chi connectivity index (χ2n) is 13.3. The van der Waals surface area contributed by atoms with Gasteiger partial charge in [0.2, 0.25) is 0 Å². The van der Waals surface area contributed by atoms with Crippen molar-refractivity contribution in [1.82, 2.24) is 0 Å². The molecule has 4 aromatic carbocycles. The van der Waals surface area contributed by atoms with Gasteiger partial charge in [0, 0.05) is 18.2 Å². The van der Waals surface area contributed by atoms with E-state index < -0.39 is 54.3 Å². The minimum atomic E-state index is -0.747. The normalized spacial score (nSPS) is 18.0. The van der Waals surface area contributed by atoms with E-state index in [0.717, 1.165) is 17.2 Å². The third-order valence-electron chi connectivity index (χ3n) is 9.13. The highest BCUT2D eigenvalue weighted by Gasteiger charge is 2.51. The van der Waals surface area contributed by atoms with Gasteiger partial charge in [-0.25, -0.2) is 24.0 Å². The molecule has 0 bridgehead atoms. The smallest absolute Gasteiger partial charge is 0.338 e. The summed E-state index contributed by atoms with van der Waals surface area (Å²) in [6.45, 7) is 4.19. The molecule has 0 saturated carbocycles. The maximum atomic E-state index is 13.0. The average Bonchev–Trinajstić information content (AvgIpc) is 3.86. The third kappa shape index (κ3) is 12.2. The van der Waals surface area contributed by atoms with Crippen molar-refractivity contribution in [2.75, 3.05) is 33.5 Å². The summed E-state index contributed by atoms with van der Waals surface area (Å²) in [6, 6.07) is 26.1. The fourth-order valence-electron chi connectivity index (χ4n) is 6.01. The minimum Gasteiger partial charge on any atom is -0.497 e. The summed E-state index contributed by atoms with van der Waals surface area (Å²) in [7, 11) is 1.57. The molecule has 2 aliphatic heterocycles. The van der Waals surface area contributed by atoms with Crippen molar-refractivity contribution in [2.24, 2.45) is 0 Å². The number of unbranched alkanes of at least 4 members (excludes halogenated alkanes) is 1. The van der Waals surface area contributed by atoms with Crippen molar-refractivity contribution < 1.29 is 66.6 Å². The lowest BCUT2D eigenvalue weighted by Gasteiger charge is -2.17. The van der Waals surface area contributed by atoms with Gasteiger partial charge < -0.3 is 42.6 Å². The lowest BCUT2D eigenvalue weighted by Crippen LogP contribution is -2.36. The molecule has 4 aromatic rings. The van der Waals surface area contributed by atoms with Gasteiger partial charge in [-0.2, -0.15) is 0 Å². The molecule has 0 amide bonds. The van der Waals surface area contributed by atoms with Crippen molar-refractivity contribution >= 4 is 42.0 Å². The van der Waals surface area contributed by atoms with Crippen LogP contribution in [0.25, 0.3) is 12.2 Å². The van der Waals surface area contributed by atoms with E-state index in [1.807, 2.05) is 0 Å². The van der Waals surface area contributed by atoms with Gasteiger partial charge in [0.25, 0.3) is 0 Å². The van der Waals surface area contributed by atoms with Crippen molar-refractivity contribution in [3.8, 4) is 23.0 Å². The minimum absolute atomic E-state index is 0.0382. The summed E-state index contributed by atoms with van der Waals surface area (Å²) in [5.41, 5.74) is 1.99. The quantitative estimate of drug-likeness (QED) is 0.0357. The lowest BCUT2D eigenvalue weighted by atomic mass is 10.1. The Bertz CT molecular complexity index is 2170. The van der Waals surface area contributed by atoms with Crippen LogP contribution in [0.2, 0.25) is 0 Å². The van der Waals surface area contributed by atoms with Crippen molar-refractivity contribution in [3.63, 3.8) is 0 Å². The van der Waals surface area contributed by atoms with E-state index in [4.69, 9.17) is 42.6 Å². The summed E-state index contributed by atoms with van der Waals surface area (Å²) in [4.78, 5) is 61.7. The van der Waals surface area contributed by atoms with Crippen LogP contribution in [0.4, 0.5) is 0 Å². The van der Waals surface area contributed by atoms with Crippen LogP contribution in [-0.4, -0.2) is 87.8 Å². The van der Waals surface area contributed by atoms with Crippen LogP contribution in [-0.2, 0) is 38.1 Å². The molecule has 2 fully saturated rings. The van der Waals surface area contributed by atoms with Crippen molar-refractivity contribution in [3.05, 3.63) is 144 Å². The summed E-state index contributed by atoms with van der Waals surface area (Å²) >= 11 is 0. The molecule has 2 heterocycles. The first-order valence-electron chi connectivity index (χ1n) is 19.0. The molecule has 0 radical (unpaired) electrons. The first-order chi connectivity index (χ1) is 29.2. The number of ether oxygens (including phenoxy) is 9. The Morgan fingerprint density at radius 3 is 1.47 bits per heavy atom. The number of carbonyl (C=O) groups is 5. The topological polar surface area (TPSA) is 168 Å². The lowest BCUT2D eigenvalue weighted by molar-refractivity contribution is -0.138. The highest BCUT2D eigenvalue weighted by Crippen LogP contribution is 2.32. The van der Waals surface area contributed by atoms with Gasteiger partial charge in [0.15, 0.2) is 12.2 Å². The predicted molar refractivity (Wildman–Crippen MR) is 215 cm³/mol. The van der Waals surface area contributed by atoms with Crippen LogP contribution >= 0.6 is 0 Å². The van der Waals surface area contributed by atoms with Crippen LogP contribution < -0.4 is 18.9 Å². The number of esters is 5. The van der Waals surface area contributed by atoms with Crippen LogP contribution in [0.5, 0.6) is 23.0 Å². The van der Waals surface area contributed by atoms with E-state index in [0.29, 0.717) is 37.6 Å². The number of rotatable bonds is 18. The van der Waals surface area contributed by atoms with E-state index in [2.05, 4.69) is 6.58 Å². The zero-order chi connectivity index (χ0) is 42.3. The number of benzene rings is 4. The highest BCUT2D eigenvalue weighted by molar-refractivity contribution is 5.92. The molecule has 6 rings (SSSR count). The van der Waals surface area contributed by atoms with Gasteiger partial charge in [0.1, 0.15) is 35.2 Å². The predicted octanol–water partition coefficient (Wildman–Crippen LogP) is 6.37. The summed E-state index contributed by atoms with van der Waals surface area (Å²) < 4.78 is 49.5. The highest BCUT2D eigenvalue weighted by atomic mass is 16.7. The number of carbonyl (C=O) groups excluding carboxylic acids is 5. The molecular weight excluding hydrogens is 776 g/mol. The molecule has 2 unspecified atom stereocenters. The Labute approximate surface area is 345 Å². The molecule has 310 valence electrons. The standard InChI is InChI=1S/C46H42O14/c1-3-40(47)54-27-5-4-26-53-35-18-8-31(9-19-35)11-25-42(49)58-37-22-14-33(15-23-37)46(51)60-39-29-56-43-38(28-55-44(39)43)59-45(50)32-12-20-36(21-13-32)57-41(48)24-10-30-6-16-34(52-2)17-7-30/h3,6-25,38-39,43-44H,1,4-5,26-29H2,2H3/b24-10+,25-11+/t38-,39+,43?,44?/m1/s1. The Balaban J connectivity index is 0.896. The zero-order valence-corrected chi connectivity index (χ0v) is 32.6. The number of methoxy groups -OCH3 is 1. The molecule has 4 atom stereocenters. The first-order valence-corrected chi connectivity index (χ1v) is 19.0. The largest absolute Gasteiger partial charge is 0.497 e. The first kappa shape index (κ1) is 42.6. The van der Waals surface area contributed by atoms with E-state index in [-0.39, 0.29) is 35.8 Å². The Morgan fingerprint density at radius 1 is 0.583 bits per heavy atom. The molecular formula is C46H42O14. The third-order valence-corrected chi connectivity index (χ3v) is 9.13. The van der Waals surface area contributed by atoms with Gasteiger partial charge in [0.05, 0.1) is 44.7 Å². The maximum Gasteiger partial charge on any atom is 0.338 e. The molecule has 14 nitrogen and oxygen atoms in total. The molecule has 2 aliphatic rings. The molecule has 0 spiro atoms. The van der Waals surface area contributed by atoms with E-state index in [1.54, 1.807) is 67.8 Å². The number of hydrogen-bond donors (Lipinski definition) is 0. The average molecular weight is 819 g/mol. The fourth-order valence-corrected chi connectivity index (χ4v) is 6.01. The van der Waals surface area contributed by atoms with Crippen molar-refractivity contribution in [1.29, 1.82) is 0 Å². The number of fused-ring (bicyclic) bond motifs is 1.